The van der Waals surface area contributed by atoms with E-state index in [1.807, 2.05) is 6.07 Å². The second kappa shape index (κ2) is 7.20. The van der Waals surface area contributed by atoms with Gasteiger partial charge in [-0.25, -0.2) is 0 Å². The number of nitrogens with one attached hydrogen (secondary N) is 1. The second-order valence-electron chi connectivity index (χ2n) is 5.54. The van der Waals surface area contributed by atoms with E-state index in [1.54, 1.807) is 51.1 Å². The molecule has 0 heterocycles. The Bertz CT molecular complexity index is 856. The van der Waals surface area contributed by atoms with Crippen molar-refractivity contribution in [3.8, 4) is 11.8 Å². The van der Waals surface area contributed by atoms with Gasteiger partial charge in [0.1, 0.15) is 17.4 Å². The predicted molar refractivity (Wildman–Crippen MR) is 96.0 cm³/mol. The van der Waals surface area contributed by atoms with E-state index in [0.29, 0.717) is 27.4 Å². The van der Waals surface area contributed by atoms with Crippen LogP contribution in [0, 0.1) is 32.1 Å². The van der Waals surface area contributed by atoms with Gasteiger partial charge in [0.05, 0.1) is 0 Å². The van der Waals surface area contributed by atoms with E-state index in [1.165, 1.54) is 6.08 Å². The van der Waals surface area contributed by atoms with Crippen LogP contribution in [0.15, 0.2) is 35.9 Å². The van der Waals surface area contributed by atoms with Crippen LogP contribution in [0.25, 0.3) is 6.08 Å². The Labute approximate surface area is 146 Å². The van der Waals surface area contributed by atoms with Gasteiger partial charge in [-0.1, -0.05) is 17.7 Å². The topological polar surface area (TPSA) is 73.1 Å². The fourth-order valence-electron chi connectivity index (χ4n) is 2.32. The molecule has 5 heteroatoms. The number of aryl methyl sites for hydroxylation is 2. The fraction of sp³-hybridized carbons (Fsp3) is 0.158. The molecule has 122 valence electrons. The molecule has 2 rings (SSSR count). The zero-order valence-electron chi connectivity index (χ0n) is 13.6. The van der Waals surface area contributed by atoms with Crippen LogP contribution < -0.4 is 5.32 Å². The number of amides is 1. The van der Waals surface area contributed by atoms with Crippen LogP contribution in [-0.4, -0.2) is 11.0 Å². The minimum Gasteiger partial charge on any atom is -0.507 e. The molecule has 0 saturated carbocycles. The number of hydrogen-bond donors (Lipinski definition) is 2. The number of halogens is 1. The first-order chi connectivity index (χ1) is 11.3. The molecule has 4 nitrogen and oxygen atoms in total. The van der Waals surface area contributed by atoms with Gasteiger partial charge in [-0.15, -0.1) is 0 Å². The van der Waals surface area contributed by atoms with Gasteiger partial charge in [0.25, 0.3) is 5.91 Å². The second-order valence-corrected chi connectivity index (χ2v) is 5.95. The third kappa shape index (κ3) is 3.76. The van der Waals surface area contributed by atoms with Gasteiger partial charge < -0.3 is 10.4 Å². The van der Waals surface area contributed by atoms with Crippen molar-refractivity contribution in [3.63, 3.8) is 0 Å². The number of carbonyl (C=O) groups excluding carboxylic acids is 1. The van der Waals surface area contributed by atoms with Crippen LogP contribution in [0.3, 0.4) is 0 Å². The van der Waals surface area contributed by atoms with Crippen LogP contribution in [0.4, 0.5) is 5.69 Å². The molecule has 2 aromatic rings. The molecule has 0 radical (unpaired) electrons. The number of carbonyl (C=O) groups is 1. The number of phenols is 1. The van der Waals surface area contributed by atoms with Crippen molar-refractivity contribution in [2.75, 3.05) is 5.32 Å². The molecule has 0 aromatic heterocycles. The molecule has 2 N–H and O–H groups in total. The Hall–Kier alpha value is -2.77. The first-order valence-corrected chi connectivity index (χ1v) is 7.69. The molecule has 0 aliphatic carbocycles. The van der Waals surface area contributed by atoms with Gasteiger partial charge in [0, 0.05) is 10.7 Å². The number of anilines is 1. The lowest BCUT2D eigenvalue weighted by atomic mass is 10.0. The summed E-state index contributed by atoms with van der Waals surface area (Å²) in [5.74, 6) is -0.295. The number of phenolic OH excluding ortho intramolecular Hbond substituents is 1. The highest BCUT2D eigenvalue weighted by molar-refractivity contribution is 6.31. The highest BCUT2D eigenvalue weighted by atomic mass is 35.5. The minimum atomic E-state index is -0.508. The average molecular weight is 341 g/mol. The number of nitrogens with zero attached hydrogens (tertiary/aromatic N) is 1. The number of nitriles is 1. The molecule has 0 spiro atoms. The summed E-state index contributed by atoms with van der Waals surface area (Å²) in [7, 11) is 0. The smallest absolute Gasteiger partial charge is 0.266 e. The van der Waals surface area contributed by atoms with Crippen LogP contribution >= 0.6 is 11.6 Å². The maximum absolute atomic E-state index is 12.4. The Morgan fingerprint density at radius 2 is 1.88 bits per heavy atom. The zero-order valence-corrected chi connectivity index (χ0v) is 14.4. The molecule has 0 bridgehead atoms. The maximum atomic E-state index is 12.4. The van der Waals surface area contributed by atoms with Gasteiger partial charge in [-0.05, 0) is 73.4 Å². The monoisotopic (exact) mass is 340 g/mol. The minimum absolute atomic E-state index is 0.0288. The third-order valence-electron chi connectivity index (χ3n) is 3.71. The number of benzene rings is 2. The fourth-order valence-corrected chi connectivity index (χ4v) is 2.50. The summed E-state index contributed by atoms with van der Waals surface area (Å²) in [6, 6.07) is 10.5. The average Bonchev–Trinajstić information content (AvgIpc) is 2.54. The summed E-state index contributed by atoms with van der Waals surface area (Å²) >= 11 is 6.04. The number of rotatable bonds is 3. The van der Waals surface area contributed by atoms with E-state index >= 15 is 0 Å². The van der Waals surface area contributed by atoms with E-state index in [2.05, 4.69) is 5.32 Å². The number of aromatic hydroxyl groups is 1. The molecule has 0 aliphatic rings. The molecule has 0 saturated heterocycles. The first-order valence-electron chi connectivity index (χ1n) is 7.32. The van der Waals surface area contributed by atoms with Crippen LogP contribution in [0.1, 0.15) is 22.3 Å². The lowest BCUT2D eigenvalue weighted by Gasteiger charge is -2.09. The SMILES string of the molecule is Cc1cc(C=C(C#N)C(=O)Nc2cccc(Cl)c2C)cc(C)c1O. The molecule has 0 fully saturated rings. The normalized spacial score (nSPS) is 11.0. The summed E-state index contributed by atoms with van der Waals surface area (Å²) in [5, 5.41) is 22.3. The van der Waals surface area contributed by atoms with Gasteiger partial charge >= 0.3 is 0 Å². The molecule has 0 aliphatic heterocycles. The Morgan fingerprint density at radius 1 is 1.25 bits per heavy atom. The summed E-state index contributed by atoms with van der Waals surface area (Å²) in [4.78, 5) is 12.4. The molecule has 24 heavy (non-hydrogen) atoms. The molecular formula is C19H17ClN2O2. The predicted octanol–water partition coefficient (Wildman–Crippen LogP) is 4.52. The van der Waals surface area contributed by atoms with Crippen molar-refractivity contribution in [2.45, 2.75) is 20.8 Å². The number of hydrogen-bond acceptors (Lipinski definition) is 3. The zero-order chi connectivity index (χ0) is 17.9. The lowest BCUT2D eigenvalue weighted by Crippen LogP contribution is -2.14. The summed E-state index contributed by atoms with van der Waals surface area (Å²) < 4.78 is 0. The summed E-state index contributed by atoms with van der Waals surface area (Å²) in [6.45, 7) is 5.32. The van der Waals surface area contributed by atoms with Crippen molar-refractivity contribution in [3.05, 3.63) is 63.2 Å². The first kappa shape index (κ1) is 17.6. The van der Waals surface area contributed by atoms with Crippen LogP contribution in [0.2, 0.25) is 5.02 Å². The van der Waals surface area contributed by atoms with Gasteiger partial charge in [-0.2, -0.15) is 5.26 Å². The van der Waals surface area contributed by atoms with Gasteiger partial charge in [0.2, 0.25) is 0 Å². The Balaban J connectivity index is 2.33. The molecule has 0 atom stereocenters. The molecular weight excluding hydrogens is 324 g/mol. The van der Waals surface area contributed by atoms with E-state index in [4.69, 9.17) is 11.6 Å². The van der Waals surface area contributed by atoms with Crippen LogP contribution in [0.5, 0.6) is 5.75 Å². The van der Waals surface area contributed by atoms with Crippen LogP contribution in [-0.2, 0) is 4.79 Å². The van der Waals surface area contributed by atoms with Gasteiger partial charge in [-0.3, -0.25) is 4.79 Å². The van der Waals surface area contributed by atoms with Gasteiger partial charge in [0.15, 0.2) is 0 Å². The quantitative estimate of drug-likeness (QED) is 0.637. The van der Waals surface area contributed by atoms with Crippen molar-refractivity contribution in [1.29, 1.82) is 5.26 Å². The van der Waals surface area contributed by atoms with E-state index in [9.17, 15) is 15.2 Å². The van der Waals surface area contributed by atoms with E-state index in [-0.39, 0.29) is 11.3 Å². The Morgan fingerprint density at radius 3 is 2.46 bits per heavy atom. The maximum Gasteiger partial charge on any atom is 0.266 e. The van der Waals surface area contributed by atoms with E-state index in [0.717, 1.165) is 5.56 Å². The van der Waals surface area contributed by atoms with Crippen molar-refractivity contribution >= 4 is 29.3 Å². The standard InChI is InChI=1S/C19H17ClN2O2/c1-11-7-14(8-12(2)18(11)23)9-15(10-21)19(24)22-17-6-4-5-16(20)13(17)3/h4-9,23H,1-3H3,(H,22,24). The third-order valence-corrected chi connectivity index (χ3v) is 4.11. The summed E-state index contributed by atoms with van der Waals surface area (Å²) in [5.41, 5.74) is 3.32. The molecule has 1 amide bonds. The van der Waals surface area contributed by atoms with Crippen molar-refractivity contribution in [1.82, 2.24) is 0 Å². The highest BCUT2D eigenvalue weighted by Gasteiger charge is 2.12. The molecule has 2 aromatic carbocycles. The highest BCUT2D eigenvalue weighted by Crippen LogP contribution is 2.25. The largest absolute Gasteiger partial charge is 0.507 e. The Kier molecular flexibility index (Phi) is 5.28. The van der Waals surface area contributed by atoms with E-state index < -0.39 is 5.91 Å². The molecule has 0 unspecified atom stereocenters. The summed E-state index contributed by atoms with van der Waals surface area (Å²) in [6.07, 6.45) is 1.49. The lowest BCUT2D eigenvalue weighted by molar-refractivity contribution is -0.112. The van der Waals surface area contributed by atoms with Crippen molar-refractivity contribution < 1.29 is 9.90 Å². The van der Waals surface area contributed by atoms with Crippen molar-refractivity contribution in [2.24, 2.45) is 0 Å².